The lowest BCUT2D eigenvalue weighted by Gasteiger charge is -2.09. The second-order valence-electron chi connectivity index (χ2n) is 4.16. The van der Waals surface area contributed by atoms with Crippen molar-refractivity contribution in [3.8, 4) is 16.9 Å². The van der Waals surface area contributed by atoms with Crippen LogP contribution in [0.2, 0.25) is 10.0 Å². The second-order valence-corrected chi connectivity index (χ2v) is 4.98. The number of phenols is 1. The van der Waals surface area contributed by atoms with Crippen LogP contribution in [0, 0.1) is 0 Å². The summed E-state index contributed by atoms with van der Waals surface area (Å²) in [5.74, 6) is -0.0244. The molecule has 0 fully saturated rings. The monoisotopic (exact) mass is 289 g/mol. The number of nitrogens with zero attached hydrogens (tertiary/aromatic N) is 1. The molecule has 4 heteroatoms. The summed E-state index contributed by atoms with van der Waals surface area (Å²) in [6.45, 7) is 0. The first kappa shape index (κ1) is 12.3. The van der Waals surface area contributed by atoms with Gasteiger partial charge in [0.15, 0.2) is 0 Å². The van der Waals surface area contributed by atoms with E-state index in [4.69, 9.17) is 23.2 Å². The third-order valence-corrected chi connectivity index (χ3v) is 3.57. The molecule has 2 aromatic carbocycles. The van der Waals surface area contributed by atoms with Gasteiger partial charge in [0.25, 0.3) is 0 Å². The normalized spacial score (nSPS) is 10.8. The van der Waals surface area contributed by atoms with Gasteiger partial charge >= 0.3 is 0 Å². The molecule has 0 spiro atoms. The fraction of sp³-hybridized carbons (Fsp3) is 0. The highest BCUT2D eigenvalue weighted by Crippen LogP contribution is 2.38. The van der Waals surface area contributed by atoms with Crippen molar-refractivity contribution < 1.29 is 5.11 Å². The Balaban J connectivity index is 2.33. The van der Waals surface area contributed by atoms with Crippen LogP contribution in [0.1, 0.15) is 0 Å². The average Bonchev–Trinajstić information content (AvgIpc) is 2.42. The standard InChI is InChI=1S/C15H9Cl2NO/c16-12-8-14(19)13(17)7-11(12)10-5-1-3-9-4-2-6-18-15(9)10/h1-8,19H. The molecule has 3 aromatic rings. The van der Waals surface area contributed by atoms with Crippen LogP contribution >= 0.6 is 23.2 Å². The molecular weight excluding hydrogens is 281 g/mol. The molecule has 19 heavy (non-hydrogen) atoms. The van der Waals surface area contributed by atoms with Gasteiger partial charge in [-0.1, -0.05) is 47.5 Å². The zero-order valence-corrected chi connectivity index (χ0v) is 11.3. The number of phenolic OH excluding ortho intramolecular Hbond substituents is 1. The molecule has 0 amide bonds. The van der Waals surface area contributed by atoms with Gasteiger partial charge in [-0.25, -0.2) is 0 Å². The predicted octanol–water partition coefficient (Wildman–Crippen LogP) is 4.91. The van der Waals surface area contributed by atoms with Gasteiger partial charge in [0.05, 0.1) is 15.6 Å². The zero-order chi connectivity index (χ0) is 13.4. The minimum atomic E-state index is -0.0244. The van der Waals surface area contributed by atoms with Crippen LogP contribution in [-0.4, -0.2) is 10.1 Å². The smallest absolute Gasteiger partial charge is 0.135 e. The molecule has 2 nitrogen and oxygen atoms in total. The predicted molar refractivity (Wildman–Crippen MR) is 78.9 cm³/mol. The third kappa shape index (κ3) is 2.14. The highest BCUT2D eigenvalue weighted by molar-refractivity contribution is 6.36. The number of hydrogen-bond acceptors (Lipinski definition) is 2. The van der Waals surface area contributed by atoms with E-state index in [2.05, 4.69) is 4.98 Å². The number of aromatic hydroxyl groups is 1. The highest BCUT2D eigenvalue weighted by atomic mass is 35.5. The Morgan fingerprint density at radius 2 is 1.68 bits per heavy atom. The topological polar surface area (TPSA) is 33.1 Å². The quantitative estimate of drug-likeness (QED) is 0.690. The Morgan fingerprint density at radius 1 is 0.895 bits per heavy atom. The molecule has 0 atom stereocenters. The second kappa shape index (κ2) is 4.72. The number of para-hydroxylation sites is 1. The molecule has 1 N–H and O–H groups in total. The maximum Gasteiger partial charge on any atom is 0.135 e. The Bertz CT molecular complexity index is 766. The van der Waals surface area contributed by atoms with Crippen molar-refractivity contribution in [2.75, 3.05) is 0 Å². The minimum Gasteiger partial charge on any atom is -0.506 e. The van der Waals surface area contributed by atoms with Gasteiger partial charge in [0, 0.05) is 28.8 Å². The minimum absolute atomic E-state index is 0.0244. The molecule has 1 heterocycles. The average molecular weight is 290 g/mol. The Labute approximate surface area is 120 Å². The van der Waals surface area contributed by atoms with Gasteiger partial charge in [-0.3, -0.25) is 4.98 Å². The molecule has 3 rings (SSSR count). The lowest BCUT2D eigenvalue weighted by molar-refractivity contribution is 0.475. The first-order valence-electron chi connectivity index (χ1n) is 5.69. The summed E-state index contributed by atoms with van der Waals surface area (Å²) in [5, 5.41) is 11.3. The van der Waals surface area contributed by atoms with Crippen molar-refractivity contribution in [1.82, 2.24) is 4.98 Å². The first-order valence-corrected chi connectivity index (χ1v) is 6.44. The van der Waals surface area contributed by atoms with Crippen LogP contribution in [0.15, 0.2) is 48.7 Å². The van der Waals surface area contributed by atoms with E-state index in [9.17, 15) is 5.11 Å². The molecule has 0 aliphatic rings. The number of hydrogen-bond donors (Lipinski definition) is 1. The Kier molecular flexibility index (Phi) is 3.05. The van der Waals surface area contributed by atoms with Gasteiger partial charge in [-0.15, -0.1) is 0 Å². The molecule has 0 aliphatic heterocycles. The van der Waals surface area contributed by atoms with E-state index in [1.54, 1.807) is 12.3 Å². The summed E-state index contributed by atoms with van der Waals surface area (Å²) >= 11 is 12.1. The van der Waals surface area contributed by atoms with Crippen molar-refractivity contribution in [3.05, 3.63) is 58.7 Å². The number of pyridine rings is 1. The summed E-state index contributed by atoms with van der Waals surface area (Å²) in [6, 6.07) is 12.8. The number of aromatic nitrogens is 1. The van der Waals surface area contributed by atoms with Crippen LogP contribution in [-0.2, 0) is 0 Å². The van der Waals surface area contributed by atoms with Gasteiger partial charge in [0.1, 0.15) is 5.75 Å². The number of benzene rings is 2. The van der Waals surface area contributed by atoms with Crippen molar-refractivity contribution in [2.45, 2.75) is 0 Å². The van der Waals surface area contributed by atoms with Crippen LogP contribution in [0.5, 0.6) is 5.75 Å². The molecule has 0 aliphatic carbocycles. The van der Waals surface area contributed by atoms with Crippen molar-refractivity contribution in [3.63, 3.8) is 0 Å². The molecule has 0 unspecified atom stereocenters. The number of rotatable bonds is 1. The van der Waals surface area contributed by atoms with Gasteiger partial charge < -0.3 is 5.11 Å². The summed E-state index contributed by atoms with van der Waals surface area (Å²) < 4.78 is 0. The molecule has 94 valence electrons. The summed E-state index contributed by atoms with van der Waals surface area (Å²) in [4.78, 5) is 4.39. The Hall–Kier alpha value is -1.77. The van der Waals surface area contributed by atoms with E-state index in [-0.39, 0.29) is 10.8 Å². The fourth-order valence-corrected chi connectivity index (χ4v) is 2.49. The van der Waals surface area contributed by atoms with Gasteiger partial charge in [0.2, 0.25) is 0 Å². The first-order chi connectivity index (χ1) is 9.16. The van der Waals surface area contributed by atoms with E-state index in [0.717, 1.165) is 22.0 Å². The molecular formula is C15H9Cl2NO. The molecule has 0 radical (unpaired) electrons. The van der Waals surface area contributed by atoms with Crippen molar-refractivity contribution in [1.29, 1.82) is 0 Å². The van der Waals surface area contributed by atoms with Gasteiger partial charge in [-0.05, 0) is 12.1 Å². The molecule has 0 bridgehead atoms. The van der Waals surface area contributed by atoms with Crippen LogP contribution in [0.25, 0.3) is 22.0 Å². The van der Waals surface area contributed by atoms with E-state index >= 15 is 0 Å². The summed E-state index contributed by atoms with van der Waals surface area (Å²) in [7, 11) is 0. The maximum absolute atomic E-state index is 9.55. The maximum atomic E-state index is 9.55. The summed E-state index contributed by atoms with van der Waals surface area (Å²) in [6.07, 6.45) is 1.74. The number of fused-ring (bicyclic) bond motifs is 1. The van der Waals surface area contributed by atoms with E-state index in [0.29, 0.717) is 5.02 Å². The van der Waals surface area contributed by atoms with E-state index in [1.807, 2.05) is 30.3 Å². The van der Waals surface area contributed by atoms with Crippen LogP contribution in [0.3, 0.4) is 0 Å². The van der Waals surface area contributed by atoms with Crippen LogP contribution < -0.4 is 0 Å². The van der Waals surface area contributed by atoms with Crippen molar-refractivity contribution in [2.24, 2.45) is 0 Å². The SMILES string of the molecule is Oc1cc(Cl)c(-c2cccc3cccnc23)cc1Cl. The zero-order valence-electron chi connectivity index (χ0n) is 9.77. The lowest BCUT2D eigenvalue weighted by atomic mass is 10.0. The fourth-order valence-electron chi connectivity index (χ4n) is 2.06. The lowest BCUT2D eigenvalue weighted by Crippen LogP contribution is -1.86. The van der Waals surface area contributed by atoms with Gasteiger partial charge in [-0.2, -0.15) is 0 Å². The van der Waals surface area contributed by atoms with Crippen molar-refractivity contribution >= 4 is 34.1 Å². The highest BCUT2D eigenvalue weighted by Gasteiger charge is 2.11. The molecule has 0 saturated carbocycles. The summed E-state index contributed by atoms with van der Waals surface area (Å²) in [5.41, 5.74) is 2.51. The van der Waals surface area contributed by atoms with E-state index in [1.165, 1.54) is 6.07 Å². The molecule has 0 saturated heterocycles. The Morgan fingerprint density at radius 3 is 2.53 bits per heavy atom. The van der Waals surface area contributed by atoms with E-state index < -0.39 is 0 Å². The largest absolute Gasteiger partial charge is 0.506 e. The third-order valence-electron chi connectivity index (χ3n) is 2.96. The molecule has 1 aromatic heterocycles. The number of halogens is 2. The van der Waals surface area contributed by atoms with Crippen LogP contribution in [0.4, 0.5) is 0 Å².